The van der Waals surface area contributed by atoms with E-state index in [1.165, 1.54) is 0 Å². The summed E-state index contributed by atoms with van der Waals surface area (Å²) < 4.78 is 0. The first-order chi connectivity index (χ1) is 10.2. The molecule has 0 aliphatic carbocycles. The highest BCUT2D eigenvalue weighted by molar-refractivity contribution is 6.07. The maximum Gasteiger partial charge on any atom is 0.228 e. The van der Waals surface area contributed by atoms with Gasteiger partial charge in [0.05, 0.1) is 12.1 Å². The zero-order chi connectivity index (χ0) is 15.2. The fourth-order valence-electron chi connectivity index (χ4n) is 2.27. The van der Waals surface area contributed by atoms with E-state index < -0.39 is 0 Å². The molecular formula is C17H20N2O2. The number of benzene rings is 1. The van der Waals surface area contributed by atoms with Gasteiger partial charge in [0.25, 0.3) is 0 Å². The van der Waals surface area contributed by atoms with Crippen LogP contribution in [0.3, 0.4) is 0 Å². The Morgan fingerprint density at radius 1 is 1.00 bits per heavy atom. The number of hydrogen-bond donors (Lipinski definition) is 1. The number of hydrogen-bond acceptors (Lipinski definition) is 2. The van der Waals surface area contributed by atoms with E-state index in [1.54, 1.807) is 29.2 Å². The van der Waals surface area contributed by atoms with Crippen molar-refractivity contribution in [2.45, 2.75) is 20.3 Å². The van der Waals surface area contributed by atoms with E-state index in [4.69, 9.17) is 0 Å². The SMILES string of the molecule is CCN(CC)C(=O)Cc1ccc(C(=O)c2ccccc2)[nH]1. The van der Waals surface area contributed by atoms with Crippen LogP contribution in [0.25, 0.3) is 0 Å². The normalized spacial score (nSPS) is 10.4. The summed E-state index contributed by atoms with van der Waals surface area (Å²) in [7, 11) is 0. The molecule has 21 heavy (non-hydrogen) atoms. The lowest BCUT2D eigenvalue weighted by molar-refractivity contribution is -0.130. The first kappa shape index (κ1) is 15.0. The highest BCUT2D eigenvalue weighted by atomic mass is 16.2. The summed E-state index contributed by atoms with van der Waals surface area (Å²) in [6.07, 6.45) is 0.295. The number of amides is 1. The molecule has 0 radical (unpaired) electrons. The smallest absolute Gasteiger partial charge is 0.228 e. The first-order valence-corrected chi connectivity index (χ1v) is 7.21. The second-order valence-electron chi connectivity index (χ2n) is 4.84. The van der Waals surface area contributed by atoms with Gasteiger partial charge in [-0.05, 0) is 26.0 Å². The van der Waals surface area contributed by atoms with Crippen LogP contribution >= 0.6 is 0 Å². The minimum atomic E-state index is -0.0582. The predicted octanol–water partition coefficient (Wildman–Crippen LogP) is 2.66. The molecule has 0 fully saturated rings. The van der Waals surface area contributed by atoms with Crippen LogP contribution in [0.1, 0.15) is 35.6 Å². The van der Waals surface area contributed by atoms with Gasteiger partial charge in [0.15, 0.2) is 0 Å². The molecule has 1 amide bonds. The summed E-state index contributed by atoms with van der Waals surface area (Å²) in [5, 5.41) is 0. The van der Waals surface area contributed by atoms with Gasteiger partial charge in [-0.1, -0.05) is 30.3 Å². The molecule has 1 aromatic heterocycles. The van der Waals surface area contributed by atoms with Crippen molar-refractivity contribution in [3.8, 4) is 0 Å². The highest BCUT2D eigenvalue weighted by Gasteiger charge is 2.14. The number of aromatic amines is 1. The van der Waals surface area contributed by atoms with Crippen LogP contribution < -0.4 is 0 Å². The number of nitrogens with zero attached hydrogens (tertiary/aromatic N) is 1. The van der Waals surface area contributed by atoms with E-state index in [1.807, 2.05) is 32.0 Å². The van der Waals surface area contributed by atoms with Crippen molar-refractivity contribution >= 4 is 11.7 Å². The lowest BCUT2D eigenvalue weighted by Crippen LogP contribution is -2.31. The average Bonchev–Trinajstić information content (AvgIpc) is 2.97. The van der Waals surface area contributed by atoms with Gasteiger partial charge in [-0.3, -0.25) is 9.59 Å². The molecule has 1 N–H and O–H groups in total. The van der Waals surface area contributed by atoms with E-state index in [2.05, 4.69) is 4.98 Å². The topological polar surface area (TPSA) is 53.2 Å². The van der Waals surface area contributed by atoms with Crippen LogP contribution in [0.4, 0.5) is 0 Å². The Hall–Kier alpha value is -2.36. The maximum atomic E-state index is 12.3. The summed E-state index contributed by atoms with van der Waals surface area (Å²) >= 11 is 0. The van der Waals surface area contributed by atoms with E-state index in [0.29, 0.717) is 30.8 Å². The van der Waals surface area contributed by atoms with Crippen molar-refractivity contribution in [2.75, 3.05) is 13.1 Å². The minimum Gasteiger partial charge on any atom is -0.355 e. The van der Waals surface area contributed by atoms with Crippen molar-refractivity contribution in [3.05, 3.63) is 59.4 Å². The molecule has 1 heterocycles. The number of aromatic nitrogens is 1. The summed E-state index contributed by atoms with van der Waals surface area (Å²) in [5.74, 6) is 0.0118. The van der Waals surface area contributed by atoms with Gasteiger partial charge in [-0.15, -0.1) is 0 Å². The van der Waals surface area contributed by atoms with Gasteiger partial charge in [-0.25, -0.2) is 0 Å². The van der Waals surface area contributed by atoms with Crippen molar-refractivity contribution < 1.29 is 9.59 Å². The Balaban J connectivity index is 2.08. The van der Waals surface area contributed by atoms with Crippen LogP contribution in [-0.4, -0.2) is 34.7 Å². The molecular weight excluding hydrogens is 264 g/mol. The Kier molecular flexibility index (Phi) is 4.93. The number of carbonyl (C=O) groups is 2. The summed E-state index contributed by atoms with van der Waals surface area (Å²) in [6.45, 7) is 5.32. The Bertz CT molecular complexity index is 613. The molecule has 110 valence electrons. The van der Waals surface area contributed by atoms with Crippen LogP contribution in [0, 0.1) is 0 Å². The van der Waals surface area contributed by atoms with Gasteiger partial charge in [-0.2, -0.15) is 0 Å². The van der Waals surface area contributed by atoms with Crippen molar-refractivity contribution in [1.29, 1.82) is 0 Å². The third kappa shape index (κ3) is 3.60. The average molecular weight is 284 g/mol. The standard InChI is InChI=1S/C17H20N2O2/c1-3-19(4-2)16(20)12-14-10-11-15(18-14)17(21)13-8-6-5-7-9-13/h5-11,18H,3-4,12H2,1-2H3. The number of ketones is 1. The summed E-state index contributed by atoms with van der Waals surface area (Å²) in [4.78, 5) is 29.1. The van der Waals surface area contributed by atoms with Gasteiger partial charge in [0, 0.05) is 24.3 Å². The third-order valence-electron chi connectivity index (χ3n) is 3.48. The zero-order valence-electron chi connectivity index (χ0n) is 12.4. The lowest BCUT2D eigenvalue weighted by atomic mass is 10.1. The molecule has 2 rings (SSSR count). The summed E-state index contributed by atoms with van der Waals surface area (Å²) in [6, 6.07) is 12.6. The second-order valence-corrected chi connectivity index (χ2v) is 4.84. The molecule has 0 saturated heterocycles. The fraction of sp³-hybridized carbons (Fsp3) is 0.294. The van der Waals surface area contributed by atoms with E-state index >= 15 is 0 Å². The quantitative estimate of drug-likeness (QED) is 0.829. The molecule has 0 aliphatic heterocycles. The monoisotopic (exact) mass is 284 g/mol. The van der Waals surface area contributed by atoms with Crippen molar-refractivity contribution in [1.82, 2.24) is 9.88 Å². The number of likely N-dealkylation sites (N-methyl/N-ethyl adjacent to an activating group) is 1. The Labute approximate surface area is 124 Å². The first-order valence-electron chi connectivity index (χ1n) is 7.21. The minimum absolute atomic E-state index is 0.0582. The molecule has 0 bridgehead atoms. The Morgan fingerprint density at radius 2 is 1.67 bits per heavy atom. The zero-order valence-corrected chi connectivity index (χ0v) is 12.4. The van der Waals surface area contributed by atoms with Crippen molar-refractivity contribution in [3.63, 3.8) is 0 Å². The molecule has 0 saturated carbocycles. The van der Waals surface area contributed by atoms with Crippen molar-refractivity contribution in [2.24, 2.45) is 0 Å². The molecule has 0 spiro atoms. The molecule has 1 aromatic carbocycles. The van der Waals surface area contributed by atoms with E-state index in [0.717, 1.165) is 5.69 Å². The van der Waals surface area contributed by atoms with Crippen LogP contribution in [0.2, 0.25) is 0 Å². The number of H-pyrrole nitrogens is 1. The van der Waals surface area contributed by atoms with Crippen LogP contribution in [0.5, 0.6) is 0 Å². The highest BCUT2D eigenvalue weighted by Crippen LogP contribution is 2.11. The van der Waals surface area contributed by atoms with Crippen LogP contribution in [0.15, 0.2) is 42.5 Å². The molecule has 4 nitrogen and oxygen atoms in total. The van der Waals surface area contributed by atoms with Gasteiger partial charge in [0.2, 0.25) is 11.7 Å². The summed E-state index contributed by atoms with van der Waals surface area (Å²) in [5.41, 5.74) is 1.93. The van der Waals surface area contributed by atoms with Gasteiger partial charge in [0.1, 0.15) is 0 Å². The Morgan fingerprint density at radius 3 is 2.29 bits per heavy atom. The van der Waals surface area contributed by atoms with E-state index in [-0.39, 0.29) is 11.7 Å². The number of carbonyl (C=O) groups excluding carboxylic acids is 2. The van der Waals surface area contributed by atoms with Gasteiger partial charge >= 0.3 is 0 Å². The molecule has 2 aromatic rings. The second kappa shape index (κ2) is 6.88. The van der Waals surface area contributed by atoms with Gasteiger partial charge < -0.3 is 9.88 Å². The van der Waals surface area contributed by atoms with Crippen LogP contribution in [-0.2, 0) is 11.2 Å². The maximum absolute atomic E-state index is 12.3. The number of nitrogens with one attached hydrogen (secondary N) is 1. The lowest BCUT2D eigenvalue weighted by Gasteiger charge is -2.17. The largest absolute Gasteiger partial charge is 0.355 e. The molecule has 0 aliphatic rings. The fourth-order valence-corrected chi connectivity index (χ4v) is 2.27. The molecule has 4 heteroatoms. The predicted molar refractivity (Wildman–Crippen MR) is 82.3 cm³/mol. The molecule has 0 atom stereocenters. The third-order valence-corrected chi connectivity index (χ3v) is 3.48. The number of rotatable bonds is 6. The van der Waals surface area contributed by atoms with E-state index in [9.17, 15) is 9.59 Å². The molecule has 0 unspecified atom stereocenters.